The lowest BCUT2D eigenvalue weighted by atomic mass is 10.0. The zero-order valence-electron chi connectivity index (χ0n) is 16.5. The summed E-state index contributed by atoms with van der Waals surface area (Å²) in [6, 6.07) is 7.73. The van der Waals surface area contributed by atoms with Crippen LogP contribution in [0, 0.1) is 5.92 Å². The summed E-state index contributed by atoms with van der Waals surface area (Å²) in [5.74, 6) is -1.08. The van der Waals surface area contributed by atoms with Gasteiger partial charge in [-0.2, -0.15) is 0 Å². The molecule has 0 unspecified atom stereocenters. The third kappa shape index (κ3) is 8.11. The van der Waals surface area contributed by atoms with Crippen LogP contribution in [0.1, 0.15) is 45.6 Å². The van der Waals surface area contributed by atoms with E-state index in [0.29, 0.717) is 6.42 Å². The number of rotatable bonds is 10. The molecule has 2 amide bonds. The van der Waals surface area contributed by atoms with Gasteiger partial charge in [0.1, 0.15) is 18.7 Å². The second-order valence-electron chi connectivity index (χ2n) is 6.65. The summed E-state index contributed by atoms with van der Waals surface area (Å²) in [6.45, 7) is 5.73. The van der Waals surface area contributed by atoms with E-state index < -0.39 is 30.1 Å². The van der Waals surface area contributed by atoms with Gasteiger partial charge in [-0.1, -0.05) is 63.9 Å². The number of benzene rings is 1. The highest BCUT2D eigenvalue weighted by Gasteiger charge is 2.29. The van der Waals surface area contributed by atoms with E-state index in [9.17, 15) is 14.4 Å². The Kier molecular flexibility index (Phi) is 9.93. The third-order valence-corrected chi connectivity index (χ3v) is 4.09. The fourth-order valence-corrected chi connectivity index (χ4v) is 2.46. The van der Waals surface area contributed by atoms with E-state index in [1.165, 1.54) is 7.11 Å². The van der Waals surface area contributed by atoms with Gasteiger partial charge in [0, 0.05) is 0 Å². The van der Waals surface area contributed by atoms with Crippen LogP contribution in [0.2, 0.25) is 0 Å². The molecular formula is C20H30N2O5. The molecule has 2 atom stereocenters. The maximum absolute atomic E-state index is 12.6. The monoisotopic (exact) mass is 378 g/mol. The SMILES string of the molecule is CCCC[C@@H](NC(=O)OCc1ccccc1)C(=O)N[C@H](C(=O)OC)C(C)C. The molecule has 1 rings (SSSR count). The highest BCUT2D eigenvalue weighted by atomic mass is 16.5. The van der Waals surface area contributed by atoms with E-state index >= 15 is 0 Å². The molecule has 7 heteroatoms. The molecule has 2 N–H and O–H groups in total. The predicted octanol–water partition coefficient (Wildman–Crippen LogP) is 2.79. The van der Waals surface area contributed by atoms with Gasteiger partial charge in [0.25, 0.3) is 0 Å². The van der Waals surface area contributed by atoms with Gasteiger partial charge >= 0.3 is 12.1 Å². The first-order valence-electron chi connectivity index (χ1n) is 9.24. The second-order valence-corrected chi connectivity index (χ2v) is 6.65. The lowest BCUT2D eigenvalue weighted by Gasteiger charge is -2.24. The minimum absolute atomic E-state index is 0.117. The summed E-state index contributed by atoms with van der Waals surface area (Å²) in [7, 11) is 1.28. The minimum Gasteiger partial charge on any atom is -0.467 e. The van der Waals surface area contributed by atoms with Crippen molar-refractivity contribution in [3.8, 4) is 0 Å². The van der Waals surface area contributed by atoms with Gasteiger partial charge in [-0.25, -0.2) is 9.59 Å². The molecule has 150 valence electrons. The molecule has 0 bridgehead atoms. The molecule has 0 saturated heterocycles. The average molecular weight is 378 g/mol. The number of nitrogens with one attached hydrogen (secondary N) is 2. The van der Waals surface area contributed by atoms with Crippen LogP contribution < -0.4 is 10.6 Å². The molecule has 0 radical (unpaired) electrons. The van der Waals surface area contributed by atoms with Gasteiger partial charge in [0.2, 0.25) is 5.91 Å². The van der Waals surface area contributed by atoms with Crippen LogP contribution in [0.15, 0.2) is 30.3 Å². The summed E-state index contributed by atoms with van der Waals surface area (Å²) in [6.07, 6.45) is 1.40. The van der Waals surface area contributed by atoms with E-state index in [-0.39, 0.29) is 12.5 Å². The number of hydrogen-bond acceptors (Lipinski definition) is 5. The van der Waals surface area contributed by atoms with Gasteiger partial charge in [0.05, 0.1) is 7.11 Å². The highest BCUT2D eigenvalue weighted by Crippen LogP contribution is 2.08. The van der Waals surface area contributed by atoms with Crippen molar-refractivity contribution in [3.63, 3.8) is 0 Å². The topological polar surface area (TPSA) is 93.7 Å². The van der Waals surface area contributed by atoms with E-state index in [1.807, 2.05) is 51.1 Å². The predicted molar refractivity (Wildman–Crippen MR) is 102 cm³/mol. The number of ether oxygens (including phenoxy) is 2. The fraction of sp³-hybridized carbons (Fsp3) is 0.550. The van der Waals surface area contributed by atoms with Crippen LogP contribution in [0.25, 0.3) is 0 Å². The average Bonchev–Trinajstić information content (AvgIpc) is 2.67. The first kappa shape index (κ1) is 22.5. The number of carbonyl (C=O) groups excluding carboxylic acids is 3. The van der Waals surface area contributed by atoms with Crippen molar-refractivity contribution in [2.24, 2.45) is 5.92 Å². The molecule has 0 aromatic heterocycles. The van der Waals surface area contributed by atoms with Crippen LogP contribution in [0.5, 0.6) is 0 Å². The van der Waals surface area contributed by atoms with Crippen LogP contribution in [0.3, 0.4) is 0 Å². The lowest BCUT2D eigenvalue weighted by Crippen LogP contribution is -2.53. The molecule has 0 aliphatic carbocycles. The van der Waals surface area contributed by atoms with Gasteiger partial charge in [-0.3, -0.25) is 4.79 Å². The normalized spacial score (nSPS) is 12.8. The lowest BCUT2D eigenvalue weighted by molar-refractivity contribution is -0.146. The van der Waals surface area contributed by atoms with Crippen molar-refractivity contribution in [3.05, 3.63) is 35.9 Å². The fourth-order valence-electron chi connectivity index (χ4n) is 2.46. The quantitative estimate of drug-likeness (QED) is 0.611. The Morgan fingerprint density at radius 1 is 1.07 bits per heavy atom. The Morgan fingerprint density at radius 2 is 1.74 bits per heavy atom. The van der Waals surface area contributed by atoms with Crippen molar-refractivity contribution in [1.82, 2.24) is 10.6 Å². The van der Waals surface area contributed by atoms with Crippen molar-refractivity contribution < 1.29 is 23.9 Å². The maximum Gasteiger partial charge on any atom is 0.408 e. The van der Waals surface area contributed by atoms with Crippen molar-refractivity contribution in [2.75, 3.05) is 7.11 Å². The number of carbonyl (C=O) groups is 3. The van der Waals surface area contributed by atoms with Crippen LogP contribution in [0.4, 0.5) is 4.79 Å². The number of amides is 2. The van der Waals surface area contributed by atoms with Crippen LogP contribution in [-0.4, -0.2) is 37.2 Å². The Hall–Kier alpha value is -2.57. The van der Waals surface area contributed by atoms with Crippen molar-refractivity contribution in [1.29, 1.82) is 0 Å². The first-order chi connectivity index (χ1) is 12.9. The molecule has 27 heavy (non-hydrogen) atoms. The van der Waals surface area contributed by atoms with Crippen molar-refractivity contribution in [2.45, 2.75) is 58.7 Å². The highest BCUT2D eigenvalue weighted by molar-refractivity contribution is 5.89. The number of hydrogen-bond donors (Lipinski definition) is 2. The van der Waals surface area contributed by atoms with E-state index in [1.54, 1.807) is 0 Å². The molecule has 1 aromatic rings. The van der Waals surface area contributed by atoms with Crippen LogP contribution in [-0.2, 0) is 25.7 Å². The smallest absolute Gasteiger partial charge is 0.408 e. The zero-order chi connectivity index (χ0) is 20.2. The Labute approximate surface area is 160 Å². The minimum atomic E-state index is -0.779. The van der Waals surface area contributed by atoms with Crippen molar-refractivity contribution >= 4 is 18.0 Å². The number of unbranched alkanes of at least 4 members (excludes halogenated alkanes) is 1. The van der Waals surface area contributed by atoms with Gasteiger partial charge in [0.15, 0.2) is 0 Å². The largest absolute Gasteiger partial charge is 0.467 e. The maximum atomic E-state index is 12.6. The third-order valence-electron chi connectivity index (χ3n) is 4.09. The van der Waals surface area contributed by atoms with Gasteiger partial charge in [-0.05, 0) is 17.9 Å². The molecule has 7 nitrogen and oxygen atoms in total. The summed E-state index contributed by atoms with van der Waals surface area (Å²) in [5, 5.41) is 5.27. The van der Waals surface area contributed by atoms with Gasteiger partial charge in [-0.15, -0.1) is 0 Å². The van der Waals surface area contributed by atoms with Gasteiger partial charge < -0.3 is 20.1 Å². The number of methoxy groups -OCH3 is 1. The Balaban J connectivity index is 2.68. The molecule has 1 aromatic carbocycles. The standard InChI is InChI=1S/C20H30N2O5/c1-5-6-12-16(18(23)22-17(14(2)3)19(24)26-4)21-20(25)27-13-15-10-8-7-9-11-15/h7-11,14,16-17H,5-6,12-13H2,1-4H3,(H,21,25)(H,22,23)/t16-,17+/m1/s1. The van der Waals surface area contributed by atoms with E-state index in [0.717, 1.165) is 18.4 Å². The van der Waals surface area contributed by atoms with E-state index in [2.05, 4.69) is 10.6 Å². The number of esters is 1. The molecule has 0 saturated carbocycles. The zero-order valence-corrected chi connectivity index (χ0v) is 16.5. The summed E-state index contributed by atoms with van der Waals surface area (Å²) in [4.78, 5) is 36.6. The Bertz CT molecular complexity index is 604. The second kappa shape index (κ2) is 11.9. The van der Waals surface area contributed by atoms with E-state index in [4.69, 9.17) is 9.47 Å². The molecule has 0 spiro atoms. The van der Waals surface area contributed by atoms with Crippen LogP contribution >= 0.6 is 0 Å². The molecule has 0 fully saturated rings. The summed E-state index contributed by atoms with van der Waals surface area (Å²) < 4.78 is 9.93. The molecule has 0 aliphatic heterocycles. The molecule has 0 aliphatic rings. The first-order valence-corrected chi connectivity index (χ1v) is 9.24. The number of alkyl carbamates (subject to hydrolysis) is 1. The summed E-state index contributed by atoms with van der Waals surface area (Å²) in [5.41, 5.74) is 0.854. The molecule has 0 heterocycles. The Morgan fingerprint density at radius 3 is 2.30 bits per heavy atom. The summed E-state index contributed by atoms with van der Waals surface area (Å²) >= 11 is 0. The molecular weight excluding hydrogens is 348 g/mol.